The molecule has 1 N–H and O–H groups in total. The van der Waals surface area contributed by atoms with Crippen LogP contribution in [0.1, 0.15) is 24.4 Å². The van der Waals surface area contributed by atoms with Crippen LogP contribution < -0.4 is 5.32 Å². The molecule has 2 rings (SSSR count). The van der Waals surface area contributed by atoms with Crippen molar-refractivity contribution < 1.29 is 0 Å². The second-order valence-corrected chi connectivity index (χ2v) is 4.62. The number of hydrogen-bond donors (Lipinski definition) is 1. The third kappa shape index (κ3) is 2.61. The van der Waals surface area contributed by atoms with Gasteiger partial charge < -0.3 is 9.88 Å². The number of aryl methyl sites for hydroxylation is 2. The standard InChI is InChI=1S/C11H16N4S/c1-3-10-13-14-11(16-10)12-7-9-5-6-15(4-2)8-9/h5-6,8H,3-4,7H2,1-2H3,(H,12,14). The van der Waals surface area contributed by atoms with Crippen LogP contribution in [0.3, 0.4) is 0 Å². The Hall–Kier alpha value is -1.36. The zero-order chi connectivity index (χ0) is 11.4. The Morgan fingerprint density at radius 1 is 1.38 bits per heavy atom. The third-order valence-corrected chi connectivity index (χ3v) is 3.42. The van der Waals surface area contributed by atoms with E-state index in [1.807, 2.05) is 0 Å². The predicted octanol–water partition coefficient (Wildman–Crippen LogP) is 2.53. The Balaban J connectivity index is 1.91. The molecule has 2 heterocycles. The van der Waals surface area contributed by atoms with Crippen LogP contribution in [0.5, 0.6) is 0 Å². The zero-order valence-corrected chi connectivity index (χ0v) is 10.4. The maximum atomic E-state index is 4.08. The molecule has 0 radical (unpaired) electrons. The fourth-order valence-corrected chi connectivity index (χ4v) is 2.11. The molecule has 2 aromatic rings. The molecular weight excluding hydrogens is 220 g/mol. The molecule has 0 spiro atoms. The lowest BCUT2D eigenvalue weighted by Crippen LogP contribution is -1.98. The van der Waals surface area contributed by atoms with Gasteiger partial charge in [-0.05, 0) is 25.0 Å². The predicted molar refractivity (Wildman–Crippen MR) is 66.7 cm³/mol. The largest absolute Gasteiger partial charge is 0.356 e. The Kier molecular flexibility index (Phi) is 3.56. The lowest BCUT2D eigenvalue weighted by atomic mass is 10.3. The first kappa shape index (κ1) is 11.1. The van der Waals surface area contributed by atoms with Crippen molar-refractivity contribution in [3.63, 3.8) is 0 Å². The van der Waals surface area contributed by atoms with E-state index in [9.17, 15) is 0 Å². The van der Waals surface area contributed by atoms with Crippen LogP contribution in [0.25, 0.3) is 0 Å². The highest BCUT2D eigenvalue weighted by molar-refractivity contribution is 7.15. The zero-order valence-electron chi connectivity index (χ0n) is 9.60. The van der Waals surface area contributed by atoms with E-state index < -0.39 is 0 Å². The molecule has 86 valence electrons. The fraction of sp³-hybridized carbons (Fsp3) is 0.455. The summed E-state index contributed by atoms with van der Waals surface area (Å²) in [6, 6.07) is 2.12. The summed E-state index contributed by atoms with van der Waals surface area (Å²) in [6.45, 7) is 6.05. The van der Waals surface area contributed by atoms with Crippen LogP contribution in [0.2, 0.25) is 0 Å². The molecule has 0 fully saturated rings. The van der Waals surface area contributed by atoms with Gasteiger partial charge in [-0.15, -0.1) is 10.2 Å². The van der Waals surface area contributed by atoms with Gasteiger partial charge in [0.1, 0.15) is 5.01 Å². The second-order valence-electron chi connectivity index (χ2n) is 3.56. The molecule has 16 heavy (non-hydrogen) atoms. The quantitative estimate of drug-likeness (QED) is 0.867. The van der Waals surface area contributed by atoms with Crippen LogP contribution in [0.15, 0.2) is 18.5 Å². The first-order chi connectivity index (χ1) is 7.81. The van der Waals surface area contributed by atoms with Crippen LogP contribution in [-0.4, -0.2) is 14.8 Å². The fourth-order valence-electron chi connectivity index (χ4n) is 1.44. The lowest BCUT2D eigenvalue weighted by Gasteiger charge is -1.98. The Morgan fingerprint density at radius 2 is 2.25 bits per heavy atom. The van der Waals surface area contributed by atoms with Gasteiger partial charge in [0.05, 0.1) is 0 Å². The van der Waals surface area contributed by atoms with Gasteiger partial charge in [0, 0.05) is 25.5 Å². The highest BCUT2D eigenvalue weighted by Crippen LogP contribution is 2.16. The summed E-state index contributed by atoms with van der Waals surface area (Å²) in [4.78, 5) is 0. The molecular formula is C11H16N4S. The topological polar surface area (TPSA) is 42.7 Å². The van der Waals surface area contributed by atoms with Crippen molar-refractivity contribution >= 4 is 16.5 Å². The molecule has 0 saturated heterocycles. The maximum absolute atomic E-state index is 4.08. The van der Waals surface area contributed by atoms with E-state index in [-0.39, 0.29) is 0 Å². The molecule has 2 aromatic heterocycles. The summed E-state index contributed by atoms with van der Waals surface area (Å²) in [5.41, 5.74) is 1.27. The second kappa shape index (κ2) is 5.12. The van der Waals surface area contributed by atoms with E-state index in [1.165, 1.54) is 5.56 Å². The SMILES string of the molecule is CCc1nnc(NCc2ccn(CC)c2)s1. The monoisotopic (exact) mass is 236 g/mol. The highest BCUT2D eigenvalue weighted by Gasteiger charge is 2.02. The number of anilines is 1. The van der Waals surface area contributed by atoms with Gasteiger partial charge in [-0.25, -0.2) is 0 Å². The van der Waals surface area contributed by atoms with Crippen molar-refractivity contribution in [1.82, 2.24) is 14.8 Å². The van der Waals surface area contributed by atoms with Crippen molar-refractivity contribution in [1.29, 1.82) is 0 Å². The number of nitrogens with one attached hydrogen (secondary N) is 1. The van der Waals surface area contributed by atoms with Crippen molar-refractivity contribution in [2.45, 2.75) is 33.4 Å². The minimum Gasteiger partial charge on any atom is -0.356 e. The van der Waals surface area contributed by atoms with Gasteiger partial charge in [-0.2, -0.15) is 0 Å². The third-order valence-electron chi connectivity index (χ3n) is 2.39. The average Bonchev–Trinajstić information content (AvgIpc) is 2.95. The summed E-state index contributed by atoms with van der Waals surface area (Å²) in [5, 5.41) is 13.4. The number of nitrogens with zero attached hydrogens (tertiary/aromatic N) is 3. The van der Waals surface area contributed by atoms with E-state index in [1.54, 1.807) is 11.3 Å². The van der Waals surface area contributed by atoms with Gasteiger partial charge in [-0.1, -0.05) is 18.3 Å². The summed E-state index contributed by atoms with van der Waals surface area (Å²) < 4.78 is 2.16. The molecule has 0 atom stereocenters. The Labute approximate surface area is 99.3 Å². The van der Waals surface area contributed by atoms with Crippen molar-refractivity contribution in [2.75, 3.05) is 5.32 Å². The van der Waals surface area contributed by atoms with Gasteiger partial charge in [-0.3, -0.25) is 0 Å². The number of rotatable bonds is 5. The van der Waals surface area contributed by atoms with Crippen molar-refractivity contribution in [2.24, 2.45) is 0 Å². The van der Waals surface area contributed by atoms with Gasteiger partial charge in [0.25, 0.3) is 0 Å². The molecule has 0 aliphatic rings. The highest BCUT2D eigenvalue weighted by atomic mass is 32.1. The van der Waals surface area contributed by atoms with E-state index in [0.29, 0.717) is 0 Å². The summed E-state index contributed by atoms with van der Waals surface area (Å²) in [6.07, 6.45) is 5.19. The lowest BCUT2D eigenvalue weighted by molar-refractivity contribution is 0.766. The minimum absolute atomic E-state index is 0.811. The Bertz CT molecular complexity index is 404. The first-order valence-electron chi connectivity index (χ1n) is 5.52. The smallest absolute Gasteiger partial charge is 0.205 e. The minimum atomic E-state index is 0.811. The molecule has 4 nitrogen and oxygen atoms in total. The van der Waals surface area contributed by atoms with Crippen molar-refractivity contribution in [3.05, 3.63) is 29.0 Å². The molecule has 0 aromatic carbocycles. The summed E-state index contributed by atoms with van der Waals surface area (Å²) >= 11 is 1.62. The maximum Gasteiger partial charge on any atom is 0.205 e. The van der Waals surface area contributed by atoms with Crippen LogP contribution in [0, 0.1) is 0 Å². The van der Waals surface area contributed by atoms with E-state index in [2.05, 4.69) is 52.4 Å². The van der Waals surface area contributed by atoms with Crippen molar-refractivity contribution in [3.8, 4) is 0 Å². The number of aromatic nitrogens is 3. The average molecular weight is 236 g/mol. The summed E-state index contributed by atoms with van der Waals surface area (Å²) in [5.74, 6) is 0. The molecule has 5 heteroatoms. The van der Waals surface area contributed by atoms with E-state index in [4.69, 9.17) is 0 Å². The van der Waals surface area contributed by atoms with Gasteiger partial charge in [0.15, 0.2) is 0 Å². The van der Waals surface area contributed by atoms with Gasteiger partial charge >= 0.3 is 0 Å². The molecule has 0 amide bonds. The molecule has 0 bridgehead atoms. The Morgan fingerprint density at radius 3 is 2.88 bits per heavy atom. The molecule has 0 aliphatic carbocycles. The number of hydrogen-bond acceptors (Lipinski definition) is 4. The van der Waals surface area contributed by atoms with Crippen LogP contribution >= 0.6 is 11.3 Å². The van der Waals surface area contributed by atoms with Crippen LogP contribution in [-0.2, 0) is 19.5 Å². The summed E-state index contributed by atoms with van der Waals surface area (Å²) in [7, 11) is 0. The molecule has 0 unspecified atom stereocenters. The molecule has 0 saturated carbocycles. The van der Waals surface area contributed by atoms with Crippen LogP contribution in [0.4, 0.5) is 5.13 Å². The van der Waals surface area contributed by atoms with E-state index in [0.717, 1.165) is 29.6 Å². The normalized spacial score (nSPS) is 10.6. The first-order valence-corrected chi connectivity index (χ1v) is 6.34. The van der Waals surface area contributed by atoms with E-state index >= 15 is 0 Å². The molecule has 0 aliphatic heterocycles. The van der Waals surface area contributed by atoms with Gasteiger partial charge in [0.2, 0.25) is 5.13 Å².